The monoisotopic (exact) mass is 301 g/mol. The normalized spacial score (nSPS) is 13.3. The van der Waals surface area contributed by atoms with Crippen molar-refractivity contribution >= 4 is 17.4 Å². The number of nitrogens with zero attached hydrogens (tertiary/aromatic N) is 2. The Morgan fingerprint density at radius 1 is 1.36 bits per heavy atom. The standard InChI is InChI=1S/C16H19N3O3/c1-18(2)12-5-6-14-15(10-12)22-9-7-19(14)16(20)17-11-13-4-3-8-21-13/h3-6,8,10H,7,9,11H2,1-2H3,(H,17,20). The van der Waals surface area contributed by atoms with Gasteiger partial charge in [-0.3, -0.25) is 4.90 Å². The van der Waals surface area contributed by atoms with Crippen LogP contribution in [0.15, 0.2) is 41.0 Å². The van der Waals surface area contributed by atoms with Crippen molar-refractivity contribution in [3.05, 3.63) is 42.4 Å². The van der Waals surface area contributed by atoms with Gasteiger partial charge < -0.3 is 19.4 Å². The molecule has 1 aromatic heterocycles. The molecule has 2 amide bonds. The van der Waals surface area contributed by atoms with Gasteiger partial charge in [-0.25, -0.2) is 4.79 Å². The lowest BCUT2D eigenvalue weighted by Crippen LogP contribution is -2.44. The maximum Gasteiger partial charge on any atom is 0.322 e. The van der Waals surface area contributed by atoms with E-state index >= 15 is 0 Å². The van der Waals surface area contributed by atoms with E-state index in [9.17, 15) is 4.79 Å². The van der Waals surface area contributed by atoms with Gasteiger partial charge in [-0.2, -0.15) is 0 Å². The number of carbonyl (C=O) groups is 1. The molecule has 22 heavy (non-hydrogen) atoms. The summed E-state index contributed by atoms with van der Waals surface area (Å²) in [6, 6.07) is 9.31. The van der Waals surface area contributed by atoms with Gasteiger partial charge in [0.25, 0.3) is 0 Å². The van der Waals surface area contributed by atoms with E-state index in [-0.39, 0.29) is 6.03 Å². The number of ether oxygens (including phenoxy) is 1. The first-order valence-corrected chi connectivity index (χ1v) is 7.17. The minimum atomic E-state index is -0.154. The van der Waals surface area contributed by atoms with E-state index in [0.29, 0.717) is 19.7 Å². The van der Waals surface area contributed by atoms with Crippen LogP contribution in [0.4, 0.5) is 16.2 Å². The Labute approximate surface area is 129 Å². The molecular formula is C16H19N3O3. The number of furan rings is 1. The van der Waals surface area contributed by atoms with Gasteiger partial charge in [0.15, 0.2) is 0 Å². The van der Waals surface area contributed by atoms with E-state index in [0.717, 1.165) is 22.9 Å². The van der Waals surface area contributed by atoms with Gasteiger partial charge >= 0.3 is 6.03 Å². The Balaban J connectivity index is 1.74. The summed E-state index contributed by atoms with van der Waals surface area (Å²) in [5.74, 6) is 1.45. The minimum absolute atomic E-state index is 0.154. The maximum atomic E-state index is 12.4. The molecule has 2 heterocycles. The van der Waals surface area contributed by atoms with E-state index in [2.05, 4.69) is 5.32 Å². The van der Waals surface area contributed by atoms with E-state index < -0.39 is 0 Å². The van der Waals surface area contributed by atoms with Crippen LogP contribution in [0.5, 0.6) is 5.75 Å². The zero-order chi connectivity index (χ0) is 15.5. The molecule has 1 aliphatic rings. The van der Waals surface area contributed by atoms with Crippen molar-refractivity contribution in [3.63, 3.8) is 0 Å². The van der Waals surface area contributed by atoms with Crippen LogP contribution in [0.3, 0.4) is 0 Å². The van der Waals surface area contributed by atoms with Gasteiger partial charge in [0, 0.05) is 25.8 Å². The average Bonchev–Trinajstić information content (AvgIpc) is 3.04. The van der Waals surface area contributed by atoms with Crippen molar-refractivity contribution < 1.29 is 13.9 Å². The highest BCUT2D eigenvalue weighted by Crippen LogP contribution is 2.34. The van der Waals surface area contributed by atoms with Crippen molar-refractivity contribution in [3.8, 4) is 5.75 Å². The fourth-order valence-electron chi connectivity index (χ4n) is 2.37. The van der Waals surface area contributed by atoms with Gasteiger partial charge in [-0.15, -0.1) is 0 Å². The van der Waals surface area contributed by atoms with Gasteiger partial charge in [0.2, 0.25) is 0 Å². The second kappa shape index (κ2) is 6.01. The molecule has 1 aromatic carbocycles. The first-order valence-electron chi connectivity index (χ1n) is 7.17. The summed E-state index contributed by atoms with van der Waals surface area (Å²) in [5.41, 5.74) is 1.82. The third kappa shape index (κ3) is 2.86. The number of urea groups is 1. The predicted molar refractivity (Wildman–Crippen MR) is 84.6 cm³/mol. The lowest BCUT2D eigenvalue weighted by molar-refractivity contribution is 0.238. The number of nitrogens with one attached hydrogen (secondary N) is 1. The molecule has 116 valence electrons. The van der Waals surface area contributed by atoms with Crippen LogP contribution in [-0.2, 0) is 6.54 Å². The SMILES string of the molecule is CN(C)c1ccc2c(c1)OCCN2C(=O)NCc1ccco1. The first kappa shape index (κ1) is 14.3. The van der Waals surface area contributed by atoms with Crippen LogP contribution < -0.4 is 19.9 Å². The number of fused-ring (bicyclic) bond motifs is 1. The van der Waals surface area contributed by atoms with Crippen LogP contribution in [0, 0.1) is 0 Å². The fourth-order valence-corrected chi connectivity index (χ4v) is 2.37. The number of hydrogen-bond acceptors (Lipinski definition) is 4. The van der Waals surface area contributed by atoms with Crippen molar-refractivity contribution in [2.75, 3.05) is 37.0 Å². The first-order chi connectivity index (χ1) is 10.6. The molecule has 0 aliphatic carbocycles. The number of carbonyl (C=O) groups excluding carboxylic acids is 1. The van der Waals surface area contributed by atoms with E-state index in [4.69, 9.17) is 9.15 Å². The average molecular weight is 301 g/mol. The van der Waals surface area contributed by atoms with Gasteiger partial charge in [0.1, 0.15) is 18.1 Å². The second-order valence-electron chi connectivity index (χ2n) is 5.28. The molecule has 0 radical (unpaired) electrons. The molecule has 6 nitrogen and oxygen atoms in total. The maximum absolute atomic E-state index is 12.4. The highest BCUT2D eigenvalue weighted by molar-refractivity contribution is 5.94. The summed E-state index contributed by atoms with van der Waals surface area (Å²) in [7, 11) is 3.94. The number of rotatable bonds is 3. The Morgan fingerprint density at radius 3 is 2.95 bits per heavy atom. The van der Waals surface area contributed by atoms with Crippen molar-refractivity contribution in [1.82, 2.24) is 5.32 Å². The van der Waals surface area contributed by atoms with E-state index in [1.54, 1.807) is 17.2 Å². The van der Waals surface area contributed by atoms with Gasteiger partial charge in [-0.1, -0.05) is 0 Å². The van der Waals surface area contributed by atoms with Crippen molar-refractivity contribution in [1.29, 1.82) is 0 Å². The molecule has 0 unspecified atom stereocenters. The lowest BCUT2D eigenvalue weighted by atomic mass is 10.2. The minimum Gasteiger partial charge on any atom is -0.489 e. The Hall–Kier alpha value is -2.63. The fraction of sp³-hybridized carbons (Fsp3) is 0.312. The highest BCUT2D eigenvalue weighted by Gasteiger charge is 2.24. The summed E-state index contributed by atoms with van der Waals surface area (Å²) in [4.78, 5) is 16.1. The summed E-state index contributed by atoms with van der Waals surface area (Å²) >= 11 is 0. The lowest BCUT2D eigenvalue weighted by Gasteiger charge is -2.30. The number of hydrogen-bond donors (Lipinski definition) is 1. The van der Waals surface area contributed by atoms with Gasteiger partial charge in [-0.05, 0) is 24.3 Å². The largest absolute Gasteiger partial charge is 0.489 e. The van der Waals surface area contributed by atoms with Crippen LogP contribution in [0.2, 0.25) is 0 Å². The molecule has 1 aliphatic heterocycles. The van der Waals surface area contributed by atoms with Crippen LogP contribution in [0.1, 0.15) is 5.76 Å². The van der Waals surface area contributed by atoms with Gasteiger partial charge in [0.05, 0.1) is 25.0 Å². The van der Waals surface area contributed by atoms with E-state index in [1.807, 2.05) is 43.3 Å². The zero-order valence-electron chi connectivity index (χ0n) is 12.7. The van der Waals surface area contributed by atoms with Crippen LogP contribution in [0.25, 0.3) is 0 Å². The predicted octanol–water partition coefficient (Wildman–Crippen LogP) is 2.45. The molecule has 3 rings (SSSR count). The van der Waals surface area contributed by atoms with Crippen molar-refractivity contribution in [2.45, 2.75) is 6.54 Å². The van der Waals surface area contributed by atoms with Crippen molar-refractivity contribution in [2.24, 2.45) is 0 Å². The Bertz CT molecular complexity index is 653. The molecule has 2 aromatic rings. The number of amides is 2. The molecule has 0 spiro atoms. The summed E-state index contributed by atoms with van der Waals surface area (Å²) in [6.07, 6.45) is 1.59. The Kier molecular flexibility index (Phi) is 3.91. The Morgan fingerprint density at radius 2 is 2.23 bits per heavy atom. The summed E-state index contributed by atoms with van der Waals surface area (Å²) < 4.78 is 10.9. The molecule has 0 fully saturated rings. The molecule has 6 heteroatoms. The second-order valence-corrected chi connectivity index (χ2v) is 5.28. The molecular weight excluding hydrogens is 282 g/mol. The van der Waals surface area contributed by atoms with Crippen LogP contribution in [-0.4, -0.2) is 33.3 Å². The smallest absolute Gasteiger partial charge is 0.322 e. The topological polar surface area (TPSA) is 58.0 Å². The molecule has 0 bridgehead atoms. The molecule has 0 saturated heterocycles. The highest BCUT2D eigenvalue weighted by atomic mass is 16.5. The third-order valence-electron chi connectivity index (χ3n) is 3.56. The number of benzene rings is 1. The molecule has 0 saturated carbocycles. The summed E-state index contributed by atoms with van der Waals surface area (Å²) in [6.45, 7) is 1.38. The zero-order valence-corrected chi connectivity index (χ0v) is 12.7. The van der Waals surface area contributed by atoms with Crippen LogP contribution >= 0.6 is 0 Å². The number of anilines is 2. The molecule has 1 N–H and O–H groups in total. The van der Waals surface area contributed by atoms with E-state index in [1.165, 1.54) is 0 Å². The third-order valence-corrected chi connectivity index (χ3v) is 3.56. The molecule has 0 atom stereocenters. The summed E-state index contributed by atoms with van der Waals surface area (Å²) in [5, 5.41) is 2.86. The quantitative estimate of drug-likeness (QED) is 0.946.